The molecule has 0 radical (unpaired) electrons. The van der Waals surface area contributed by atoms with Crippen molar-refractivity contribution in [2.45, 2.75) is 26.8 Å². The van der Waals surface area contributed by atoms with Crippen molar-refractivity contribution in [1.82, 2.24) is 4.98 Å². The van der Waals surface area contributed by atoms with Crippen LogP contribution in [0.15, 0.2) is 28.7 Å². The molecule has 0 amide bonds. The van der Waals surface area contributed by atoms with E-state index in [0.29, 0.717) is 0 Å². The molecule has 0 saturated carbocycles. The van der Waals surface area contributed by atoms with Crippen molar-refractivity contribution in [2.24, 2.45) is 0 Å². The van der Waals surface area contributed by atoms with Crippen molar-refractivity contribution >= 4 is 32.4 Å². The highest BCUT2D eigenvalue weighted by atomic mass is 32.1. The summed E-state index contributed by atoms with van der Waals surface area (Å²) >= 11 is 1.41. The summed E-state index contributed by atoms with van der Waals surface area (Å²) in [6, 6.07) is 6.75. The monoisotopic (exact) mass is 317 g/mol. The summed E-state index contributed by atoms with van der Waals surface area (Å²) in [5.41, 5.74) is 1.92. The number of nitro benzene ring substituents is 1. The van der Waals surface area contributed by atoms with Gasteiger partial charge in [-0.15, -0.1) is 0 Å². The van der Waals surface area contributed by atoms with Crippen molar-refractivity contribution in [3.05, 3.63) is 51.5 Å². The Bertz CT molecular complexity index is 853. The van der Waals surface area contributed by atoms with E-state index >= 15 is 0 Å². The lowest BCUT2D eigenvalue weighted by molar-refractivity contribution is -0.384. The van der Waals surface area contributed by atoms with Crippen LogP contribution in [0.5, 0.6) is 0 Å². The van der Waals surface area contributed by atoms with Crippen LogP contribution in [0.2, 0.25) is 0 Å². The first kappa shape index (κ1) is 14.5. The van der Waals surface area contributed by atoms with E-state index in [4.69, 9.17) is 4.42 Å². The number of anilines is 1. The number of fused-ring (bicyclic) bond motifs is 1. The number of aryl methyl sites for hydroxylation is 2. The molecule has 0 bridgehead atoms. The van der Waals surface area contributed by atoms with Gasteiger partial charge in [-0.25, -0.2) is 4.98 Å². The van der Waals surface area contributed by atoms with Crippen LogP contribution in [0.25, 0.3) is 10.2 Å². The van der Waals surface area contributed by atoms with E-state index in [1.807, 2.05) is 26.8 Å². The molecule has 0 aliphatic carbocycles. The first-order valence-electron chi connectivity index (χ1n) is 6.82. The first-order valence-corrected chi connectivity index (χ1v) is 7.64. The quantitative estimate of drug-likeness (QED) is 0.562. The van der Waals surface area contributed by atoms with E-state index < -0.39 is 4.92 Å². The number of rotatable bonds is 4. The molecule has 0 fully saturated rings. The minimum Gasteiger partial charge on any atom is -0.466 e. The average molecular weight is 317 g/mol. The largest absolute Gasteiger partial charge is 0.466 e. The zero-order valence-electron chi connectivity index (χ0n) is 12.4. The molecule has 2 aromatic heterocycles. The van der Waals surface area contributed by atoms with Gasteiger partial charge in [-0.1, -0.05) is 11.3 Å². The van der Waals surface area contributed by atoms with E-state index in [1.54, 1.807) is 12.1 Å². The van der Waals surface area contributed by atoms with Crippen molar-refractivity contribution in [1.29, 1.82) is 0 Å². The molecule has 114 valence electrons. The third-order valence-corrected chi connectivity index (χ3v) is 4.42. The van der Waals surface area contributed by atoms with Gasteiger partial charge in [-0.3, -0.25) is 10.1 Å². The minimum atomic E-state index is -0.396. The molecule has 7 heteroatoms. The Hall–Kier alpha value is -2.41. The van der Waals surface area contributed by atoms with Gasteiger partial charge >= 0.3 is 0 Å². The molecule has 22 heavy (non-hydrogen) atoms. The molecule has 0 spiro atoms. The average Bonchev–Trinajstić information content (AvgIpc) is 2.99. The summed E-state index contributed by atoms with van der Waals surface area (Å²) in [4.78, 5) is 14.9. The summed E-state index contributed by atoms with van der Waals surface area (Å²) in [6.07, 6.45) is 0. The smallest absolute Gasteiger partial charge is 0.270 e. The van der Waals surface area contributed by atoms with Crippen molar-refractivity contribution < 1.29 is 9.34 Å². The third kappa shape index (κ3) is 2.67. The lowest BCUT2D eigenvalue weighted by Gasteiger charge is -2.11. The van der Waals surface area contributed by atoms with Crippen LogP contribution in [-0.4, -0.2) is 9.91 Å². The molecule has 1 aromatic carbocycles. The van der Waals surface area contributed by atoms with Crippen LogP contribution in [0.3, 0.4) is 0 Å². The van der Waals surface area contributed by atoms with Crippen LogP contribution in [0, 0.1) is 24.0 Å². The van der Waals surface area contributed by atoms with Crippen molar-refractivity contribution in [3.63, 3.8) is 0 Å². The van der Waals surface area contributed by atoms with Gasteiger partial charge in [-0.05, 0) is 32.9 Å². The molecule has 6 nitrogen and oxygen atoms in total. The number of hydrogen-bond acceptors (Lipinski definition) is 6. The number of hydrogen-bond donors (Lipinski definition) is 1. The zero-order valence-corrected chi connectivity index (χ0v) is 13.2. The van der Waals surface area contributed by atoms with Crippen molar-refractivity contribution in [3.8, 4) is 0 Å². The molecule has 0 aliphatic heterocycles. The maximum Gasteiger partial charge on any atom is 0.270 e. The second kappa shape index (κ2) is 5.42. The number of furan rings is 1. The Labute approximate surface area is 130 Å². The fourth-order valence-corrected chi connectivity index (χ4v) is 3.42. The molecule has 1 N–H and O–H groups in total. The molecular formula is C15H15N3O3S. The molecule has 0 saturated heterocycles. The summed E-state index contributed by atoms with van der Waals surface area (Å²) in [7, 11) is 0. The van der Waals surface area contributed by atoms with Crippen LogP contribution < -0.4 is 5.32 Å². The Morgan fingerprint density at radius 3 is 2.77 bits per heavy atom. The molecular weight excluding hydrogens is 302 g/mol. The van der Waals surface area contributed by atoms with E-state index in [-0.39, 0.29) is 11.7 Å². The Morgan fingerprint density at radius 2 is 2.14 bits per heavy atom. The fraction of sp³-hybridized carbons (Fsp3) is 0.267. The van der Waals surface area contributed by atoms with E-state index in [0.717, 1.165) is 32.4 Å². The predicted octanol–water partition coefficient (Wildman–Crippen LogP) is 4.59. The summed E-state index contributed by atoms with van der Waals surface area (Å²) < 4.78 is 6.34. The normalized spacial score (nSPS) is 12.5. The SMILES string of the molecule is Cc1cc(C(C)Nc2nc3ccc([N+](=O)[O-])cc3s2)c(C)o1. The van der Waals surface area contributed by atoms with Crippen LogP contribution in [0.4, 0.5) is 10.8 Å². The Kier molecular flexibility index (Phi) is 3.58. The minimum absolute atomic E-state index is 0.0491. The fourth-order valence-electron chi connectivity index (χ4n) is 2.43. The van der Waals surface area contributed by atoms with Gasteiger partial charge in [0.1, 0.15) is 11.5 Å². The number of thiazole rings is 1. The van der Waals surface area contributed by atoms with E-state index in [2.05, 4.69) is 10.3 Å². The van der Waals surface area contributed by atoms with Crippen LogP contribution in [0.1, 0.15) is 30.0 Å². The number of aromatic nitrogens is 1. The van der Waals surface area contributed by atoms with E-state index in [1.165, 1.54) is 17.4 Å². The van der Waals surface area contributed by atoms with E-state index in [9.17, 15) is 10.1 Å². The third-order valence-electron chi connectivity index (χ3n) is 3.47. The van der Waals surface area contributed by atoms with Gasteiger partial charge in [0.15, 0.2) is 5.13 Å². The standard InChI is InChI=1S/C15H15N3O3S/c1-8-6-12(10(3)21-8)9(2)16-15-17-13-5-4-11(18(19)20)7-14(13)22-15/h4-7,9H,1-3H3,(H,16,17). The molecule has 2 heterocycles. The highest BCUT2D eigenvalue weighted by Gasteiger charge is 2.15. The highest BCUT2D eigenvalue weighted by molar-refractivity contribution is 7.22. The Morgan fingerprint density at radius 1 is 1.36 bits per heavy atom. The van der Waals surface area contributed by atoms with Crippen LogP contribution in [-0.2, 0) is 0 Å². The number of nitrogens with one attached hydrogen (secondary N) is 1. The van der Waals surface area contributed by atoms with Gasteiger partial charge < -0.3 is 9.73 Å². The maximum atomic E-state index is 10.8. The van der Waals surface area contributed by atoms with Gasteiger partial charge in [-0.2, -0.15) is 0 Å². The topological polar surface area (TPSA) is 81.2 Å². The molecule has 1 atom stereocenters. The summed E-state index contributed by atoms with van der Waals surface area (Å²) in [5.74, 6) is 1.76. The maximum absolute atomic E-state index is 10.8. The second-order valence-electron chi connectivity index (χ2n) is 5.16. The van der Waals surface area contributed by atoms with Crippen LogP contribution >= 0.6 is 11.3 Å². The second-order valence-corrected chi connectivity index (χ2v) is 6.19. The molecule has 3 aromatic rings. The molecule has 3 rings (SSSR count). The number of benzene rings is 1. The lowest BCUT2D eigenvalue weighted by atomic mass is 10.1. The summed E-state index contributed by atoms with van der Waals surface area (Å²) in [5, 5.41) is 14.9. The van der Waals surface area contributed by atoms with Gasteiger partial charge in [0.05, 0.1) is 21.2 Å². The van der Waals surface area contributed by atoms with Gasteiger partial charge in [0.2, 0.25) is 0 Å². The first-order chi connectivity index (χ1) is 10.4. The summed E-state index contributed by atoms with van der Waals surface area (Å²) in [6.45, 7) is 5.88. The van der Waals surface area contributed by atoms with Gasteiger partial charge in [0, 0.05) is 17.7 Å². The zero-order chi connectivity index (χ0) is 15.9. The molecule has 1 unspecified atom stereocenters. The van der Waals surface area contributed by atoms with Gasteiger partial charge in [0.25, 0.3) is 5.69 Å². The number of nitro groups is 1. The lowest BCUT2D eigenvalue weighted by Crippen LogP contribution is -2.06. The van der Waals surface area contributed by atoms with Crippen molar-refractivity contribution in [2.75, 3.05) is 5.32 Å². The molecule has 0 aliphatic rings. The predicted molar refractivity (Wildman–Crippen MR) is 86.5 cm³/mol. The number of nitrogens with zero attached hydrogens (tertiary/aromatic N) is 2. The highest BCUT2D eigenvalue weighted by Crippen LogP contribution is 2.32. The Balaban J connectivity index is 1.87. The number of non-ortho nitro benzene ring substituents is 1.